The fraction of sp³-hybridized carbons (Fsp3) is 0.200. The molecule has 0 aliphatic heterocycles. The van der Waals surface area contributed by atoms with Gasteiger partial charge in [0.1, 0.15) is 0 Å². The average Bonchev–Trinajstić information content (AvgIpc) is 2.89. The van der Waals surface area contributed by atoms with E-state index in [0.29, 0.717) is 13.1 Å². The zero-order valence-electron chi connectivity index (χ0n) is 8.39. The summed E-state index contributed by atoms with van der Waals surface area (Å²) in [6.45, 7) is 1.28. The van der Waals surface area contributed by atoms with Gasteiger partial charge in [0.2, 0.25) is 0 Å². The number of hydrogen-bond acceptors (Lipinski definition) is 3. The molecule has 0 bridgehead atoms. The molecule has 0 fully saturated rings. The number of carbonyl (C=O) groups is 1. The molecule has 4 nitrogen and oxygen atoms in total. The van der Waals surface area contributed by atoms with Crippen molar-refractivity contribution in [2.45, 2.75) is 6.54 Å². The van der Waals surface area contributed by atoms with Gasteiger partial charge in [-0.2, -0.15) is 5.10 Å². The van der Waals surface area contributed by atoms with E-state index in [1.165, 1.54) is 0 Å². The summed E-state index contributed by atoms with van der Waals surface area (Å²) in [4.78, 5) is 11.6. The standard InChI is InChI=1S/C10H10IN3OS/c11-9-6-8(7-16-9)10(15)12-3-5-14-4-1-2-13-14/h1-2,4,6-7H,3,5H2,(H,12,15). The Morgan fingerprint density at radius 3 is 3.12 bits per heavy atom. The van der Waals surface area contributed by atoms with Crippen LogP contribution in [0.25, 0.3) is 0 Å². The van der Waals surface area contributed by atoms with Crippen molar-refractivity contribution in [1.82, 2.24) is 15.1 Å². The third-order valence-electron chi connectivity index (χ3n) is 2.02. The van der Waals surface area contributed by atoms with E-state index in [1.807, 2.05) is 23.7 Å². The normalized spacial score (nSPS) is 10.3. The second-order valence-corrected chi connectivity index (χ2v) is 5.97. The Morgan fingerprint density at radius 2 is 2.50 bits per heavy atom. The lowest BCUT2D eigenvalue weighted by Crippen LogP contribution is -2.26. The van der Waals surface area contributed by atoms with Gasteiger partial charge < -0.3 is 5.32 Å². The first kappa shape index (κ1) is 11.6. The number of carbonyl (C=O) groups excluding carboxylic acids is 1. The summed E-state index contributed by atoms with van der Waals surface area (Å²) in [5.41, 5.74) is 0.731. The van der Waals surface area contributed by atoms with E-state index in [4.69, 9.17) is 0 Å². The maximum Gasteiger partial charge on any atom is 0.252 e. The van der Waals surface area contributed by atoms with Crippen LogP contribution >= 0.6 is 33.9 Å². The van der Waals surface area contributed by atoms with Crippen LogP contribution in [0.2, 0.25) is 0 Å². The average molecular weight is 347 g/mol. The van der Waals surface area contributed by atoms with Crippen molar-refractivity contribution >= 4 is 39.8 Å². The molecule has 2 rings (SSSR count). The van der Waals surface area contributed by atoms with Crippen LogP contribution in [0, 0.1) is 2.88 Å². The molecule has 2 aromatic rings. The molecule has 0 spiro atoms. The molecule has 2 heterocycles. The van der Waals surface area contributed by atoms with E-state index in [0.717, 1.165) is 8.45 Å². The van der Waals surface area contributed by atoms with Crippen molar-refractivity contribution in [3.05, 3.63) is 38.4 Å². The highest BCUT2D eigenvalue weighted by Crippen LogP contribution is 2.16. The van der Waals surface area contributed by atoms with Gasteiger partial charge in [-0.25, -0.2) is 0 Å². The quantitative estimate of drug-likeness (QED) is 0.860. The number of hydrogen-bond donors (Lipinski definition) is 1. The van der Waals surface area contributed by atoms with E-state index in [1.54, 1.807) is 22.2 Å². The van der Waals surface area contributed by atoms with Gasteiger partial charge in [0.05, 0.1) is 15.0 Å². The maximum atomic E-state index is 11.6. The minimum atomic E-state index is -0.0219. The molecule has 0 aromatic carbocycles. The first-order valence-electron chi connectivity index (χ1n) is 4.75. The Bertz CT molecular complexity index is 466. The van der Waals surface area contributed by atoms with Crippen LogP contribution in [0.5, 0.6) is 0 Å². The van der Waals surface area contributed by atoms with Crippen LogP contribution in [0.4, 0.5) is 0 Å². The zero-order chi connectivity index (χ0) is 11.4. The Morgan fingerprint density at radius 1 is 1.62 bits per heavy atom. The molecule has 2 aromatic heterocycles. The number of aromatic nitrogens is 2. The third kappa shape index (κ3) is 3.05. The second kappa shape index (κ2) is 5.44. The van der Waals surface area contributed by atoms with Gasteiger partial charge in [-0.1, -0.05) is 0 Å². The van der Waals surface area contributed by atoms with E-state index < -0.39 is 0 Å². The van der Waals surface area contributed by atoms with Crippen molar-refractivity contribution in [3.63, 3.8) is 0 Å². The summed E-state index contributed by atoms with van der Waals surface area (Å²) in [5, 5.41) is 8.78. The molecule has 0 radical (unpaired) electrons. The van der Waals surface area contributed by atoms with E-state index >= 15 is 0 Å². The highest BCUT2D eigenvalue weighted by molar-refractivity contribution is 14.1. The topological polar surface area (TPSA) is 46.9 Å². The lowest BCUT2D eigenvalue weighted by atomic mass is 10.3. The number of nitrogens with one attached hydrogen (secondary N) is 1. The lowest BCUT2D eigenvalue weighted by Gasteiger charge is -2.03. The van der Waals surface area contributed by atoms with E-state index in [-0.39, 0.29) is 5.91 Å². The first-order chi connectivity index (χ1) is 7.75. The SMILES string of the molecule is O=C(NCCn1cccn1)c1csc(I)c1. The van der Waals surface area contributed by atoms with Crippen molar-refractivity contribution in [2.75, 3.05) is 6.54 Å². The molecule has 1 N–H and O–H groups in total. The molecular formula is C10H10IN3OS. The minimum absolute atomic E-state index is 0.0219. The predicted octanol–water partition coefficient (Wildman–Crippen LogP) is 1.98. The lowest BCUT2D eigenvalue weighted by molar-refractivity contribution is 0.0952. The van der Waals surface area contributed by atoms with Gasteiger partial charge >= 0.3 is 0 Å². The molecule has 1 amide bonds. The van der Waals surface area contributed by atoms with E-state index in [2.05, 4.69) is 33.0 Å². The highest BCUT2D eigenvalue weighted by Gasteiger charge is 2.06. The summed E-state index contributed by atoms with van der Waals surface area (Å²) < 4.78 is 2.91. The van der Waals surface area contributed by atoms with Crippen LogP contribution < -0.4 is 5.32 Å². The number of halogens is 1. The van der Waals surface area contributed by atoms with E-state index in [9.17, 15) is 4.79 Å². The van der Waals surface area contributed by atoms with Gasteiger partial charge in [0.25, 0.3) is 5.91 Å². The molecule has 0 saturated heterocycles. The smallest absolute Gasteiger partial charge is 0.252 e. The number of thiophene rings is 1. The predicted molar refractivity (Wildman–Crippen MR) is 71.6 cm³/mol. The van der Waals surface area contributed by atoms with Crippen LogP contribution in [0.15, 0.2) is 29.9 Å². The number of amides is 1. The highest BCUT2D eigenvalue weighted by atomic mass is 127. The summed E-state index contributed by atoms with van der Waals surface area (Å²) in [7, 11) is 0. The van der Waals surface area contributed by atoms with Crippen molar-refractivity contribution in [3.8, 4) is 0 Å². The number of nitrogens with zero attached hydrogens (tertiary/aromatic N) is 2. The van der Waals surface area contributed by atoms with Crippen LogP contribution in [0.1, 0.15) is 10.4 Å². The molecule has 0 aliphatic rings. The van der Waals surface area contributed by atoms with Gasteiger partial charge in [0.15, 0.2) is 0 Å². The van der Waals surface area contributed by atoms with Gasteiger partial charge in [0, 0.05) is 24.3 Å². The Kier molecular flexibility index (Phi) is 3.94. The van der Waals surface area contributed by atoms with Gasteiger partial charge in [-0.15, -0.1) is 11.3 Å². The van der Waals surface area contributed by atoms with Crippen LogP contribution in [-0.2, 0) is 6.54 Å². The van der Waals surface area contributed by atoms with Crippen molar-refractivity contribution < 1.29 is 4.79 Å². The number of rotatable bonds is 4. The molecular weight excluding hydrogens is 337 g/mol. The second-order valence-electron chi connectivity index (χ2n) is 3.16. The summed E-state index contributed by atoms with van der Waals surface area (Å²) in [5.74, 6) is -0.0219. The van der Waals surface area contributed by atoms with Gasteiger partial charge in [-0.05, 0) is 34.7 Å². The minimum Gasteiger partial charge on any atom is -0.350 e. The largest absolute Gasteiger partial charge is 0.350 e. The molecule has 0 unspecified atom stereocenters. The molecule has 6 heteroatoms. The zero-order valence-corrected chi connectivity index (χ0v) is 11.4. The summed E-state index contributed by atoms with van der Waals surface area (Å²) >= 11 is 3.78. The molecule has 84 valence electrons. The van der Waals surface area contributed by atoms with Gasteiger partial charge in [-0.3, -0.25) is 9.48 Å². The summed E-state index contributed by atoms with van der Waals surface area (Å²) in [6, 6.07) is 3.75. The third-order valence-corrected chi connectivity index (χ3v) is 3.80. The van der Waals surface area contributed by atoms with Crippen LogP contribution in [-0.4, -0.2) is 22.2 Å². The fourth-order valence-corrected chi connectivity index (χ4v) is 2.57. The Hall–Kier alpha value is -0.890. The first-order valence-corrected chi connectivity index (χ1v) is 6.71. The summed E-state index contributed by atoms with van der Waals surface area (Å²) in [6.07, 6.45) is 3.60. The monoisotopic (exact) mass is 347 g/mol. The molecule has 0 atom stereocenters. The molecule has 0 saturated carbocycles. The van der Waals surface area contributed by atoms with Crippen molar-refractivity contribution in [1.29, 1.82) is 0 Å². The Balaban J connectivity index is 1.80. The van der Waals surface area contributed by atoms with Crippen molar-refractivity contribution in [2.24, 2.45) is 0 Å². The van der Waals surface area contributed by atoms with Crippen LogP contribution in [0.3, 0.4) is 0 Å². The molecule has 16 heavy (non-hydrogen) atoms. The maximum absolute atomic E-state index is 11.6. The fourth-order valence-electron chi connectivity index (χ4n) is 1.25. The Labute approximate surface area is 111 Å². The molecule has 0 aliphatic carbocycles.